The fourth-order valence-electron chi connectivity index (χ4n) is 1.26. The van der Waals surface area contributed by atoms with Crippen LogP contribution in [0.3, 0.4) is 0 Å². The predicted octanol–water partition coefficient (Wildman–Crippen LogP) is 2.81. The van der Waals surface area contributed by atoms with Gasteiger partial charge in [0, 0.05) is 16.5 Å². The van der Waals surface area contributed by atoms with Gasteiger partial charge in [-0.3, -0.25) is 4.79 Å². The normalized spacial score (nSPS) is 12.3. The molecule has 1 N–H and O–H groups in total. The van der Waals surface area contributed by atoms with E-state index in [9.17, 15) is 4.79 Å². The van der Waals surface area contributed by atoms with Crippen molar-refractivity contribution in [1.82, 2.24) is 5.32 Å². The maximum absolute atomic E-state index is 11.8. The van der Waals surface area contributed by atoms with Gasteiger partial charge in [0.2, 0.25) is 0 Å². The zero-order valence-corrected chi connectivity index (χ0v) is 10.3. The smallest absolute Gasteiger partial charge is 0.251 e. The van der Waals surface area contributed by atoms with Gasteiger partial charge < -0.3 is 5.32 Å². The molecule has 1 aromatic rings. The van der Waals surface area contributed by atoms with Gasteiger partial charge in [-0.1, -0.05) is 13.0 Å². The molecule has 1 amide bonds. The van der Waals surface area contributed by atoms with Crippen LogP contribution in [-0.2, 0) is 0 Å². The standard InChI is InChI=1S/C12H17NOS/c1-4-9(3)13-12(14)11-7-10(15)6-5-8(11)2/h5-7,9,15H,4H2,1-3H3,(H,13,14). The van der Waals surface area contributed by atoms with Crippen molar-refractivity contribution < 1.29 is 4.79 Å². The van der Waals surface area contributed by atoms with E-state index in [0.29, 0.717) is 5.56 Å². The van der Waals surface area contributed by atoms with Crippen molar-refractivity contribution in [2.75, 3.05) is 0 Å². The summed E-state index contributed by atoms with van der Waals surface area (Å²) in [7, 11) is 0. The Morgan fingerprint density at radius 3 is 2.80 bits per heavy atom. The van der Waals surface area contributed by atoms with Crippen molar-refractivity contribution in [3.8, 4) is 0 Å². The highest BCUT2D eigenvalue weighted by molar-refractivity contribution is 7.80. The van der Waals surface area contributed by atoms with Crippen LogP contribution in [0.15, 0.2) is 23.1 Å². The molecule has 0 aliphatic rings. The molecule has 0 bridgehead atoms. The van der Waals surface area contributed by atoms with Gasteiger partial charge >= 0.3 is 0 Å². The van der Waals surface area contributed by atoms with E-state index in [-0.39, 0.29) is 11.9 Å². The van der Waals surface area contributed by atoms with Crippen molar-refractivity contribution in [2.24, 2.45) is 0 Å². The van der Waals surface area contributed by atoms with Gasteiger partial charge in [0.25, 0.3) is 5.91 Å². The monoisotopic (exact) mass is 223 g/mol. The molecule has 82 valence electrons. The van der Waals surface area contributed by atoms with Crippen LogP contribution in [0.25, 0.3) is 0 Å². The largest absolute Gasteiger partial charge is 0.350 e. The van der Waals surface area contributed by atoms with E-state index in [4.69, 9.17) is 0 Å². The van der Waals surface area contributed by atoms with E-state index in [0.717, 1.165) is 16.9 Å². The lowest BCUT2D eigenvalue weighted by Gasteiger charge is -2.13. The summed E-state index contributed by atoms with van der Waals surface area (Å²) < 4.78 is 0. The number of hydrogen-bond acceptors (Lipinski definition) is 2. The van der Waals surface area contributed by atoms with E-state index in [1.165, 1.54) is 0 Å². The molecule has 0 fully saturated rings. The summed E-state index contributed by atoms with van der Waals surface area (Å²) in [6.45, 7) is 5.98. The number of thiol groups is 1. The average Bonchev–Trinajstić information content (AvgIpc) is 2.21. The molecule has 0 saturated heterocycles. The Morgan fingerprint density at radius 1 is 1.53 bits per heavy atom. The number of benzene rings is 1. The van der Waals surface area contributed by atoms with Crippen LogP contribution in [0.2, 0.25) is 0 Å². The van der Waals surface area contributed by atoms with Crippen LogP contribution in [0.1, 0.15) is 36.2 Å². The second-order valence-electron chi connectivity index (χ2n) is 3.78. The molecule has 2 nitrogen and oxygen atoms in total. The lowest BCUT2D eigenvalue weighted by Crippen LogP contribution is -2.32. The molecule has 1 unspecified atom stereocenters. The summed E-state index contributed by atoms with van der Waals surface area (Å²) in [5.74, 6) is -0.0160. The van der Waals surface area contributed by atoms with Gasteiger partial charge in [0.15, 0.2) is 0 Å². The lowest BCUT2D eigenvalue weighted by molar-refractivity contribution is 0.0938. The molecule has 0 saturated carbocycles. The highest BCUT2D eigenvalue weighted by Crippen LogP contribution is 2.14. The highest BCUT2D eigenvalue weighted by Gasteiger charge is 2.10. The van der Waals surface area contributed by atoms with Crippen LogP contribution in [0, 0.1) is 6.92 Å². The molecule has 15 heavy (non-hydrogen) atoms. The van der Waals surface area contributed by atoms with Crippen LogP contribution in [0.4, 0.5) is 0 Å². The molecule has 3 heteroatoms. The Kier molecular flexibility index (Phi) is 4.21. The summed E-state index contributed by atoms with van der Waals surface area (Å²) in [4.78, 5) is 12.7. The number of rotatable bonds is 3. The van der Waals surface area contributed by atoms with Crippen molar-refractivity contribution in [3.05, 3.63) is 29.3 Å². The van der Waals surface area contributed by atoms with E-state index in [1.54, 1.807) is 6.07 Å². The van der Waals surface area contributed by atoms with Crippen LogP contribution in [-0.4, -0.2) is 11.9 Å². The lowest BCUT2D eigenvalue weighted by atomic mass is 10.1. The Bertz CT molecular complexity index is 363. The molecule has 1 aromatic carbocycles. The highest BCUT2D eigenvalue weighted by atomic mass is 32.1. The topological polar surface area (TPSA) is 29.1 Å². The summed E-state index contributed by atoms with van der Waals surface area (Å²) in [6, 6.07) is 5.81. The first-order valence-electron chi connectivity index (χ1n) is 5.15. The number of carbonyl (C=O) groups is 1. The van der Waals surface area contributed by atoms with E-state index in [1.807, 2.05) is 32.9 Å². The minimum absolute atomic E-state index is 0.0160. The first-order chi connectivity index (χ1) is 7.04. The van der Waals surface area contributed by atoms with Gasteiger partial charge in [-0.15, -0.1) is 12.6 Å². The van der Waals surface area contributed by atoms with Crippen molar-refractivity contribution in [3.63, 3.8) is 0 Å². The Labute approximate surface area is 96.5 Å². The number of amides is 1. The fraction of sp³-hybridized carbons (Fsp3) is 0.417. The fourth-order valence-corrected chi connectivity index (χ4v) is 1.46. The number of hydrogen-bond donors (Lipinski definition) is 2. The van der Waals surface area contributed by atoms with E-state index < -0.39 is 0 Å². The second kappa shape index (κ2) is 5.21. The maximum atomic E-state index is 11.8. The minimum atomic E-state index is -0.0160. The number of carbonyl (C=O) groups excluding carboxylic acids is 1. The third-order valence-electron chi connectivity index (χ3n) is 2.46. The number of nitrogens with one attached hydrogen (secondary N) is 1. The molecule has 1 rings (SSSR count). The Hall–Kier alpha value is -0.960. The SMILES string of the molecule is CCC(C)NC(=O)c1cc(S)ccc1C. The van der Waals surface area contributed by atoms with Crippen molar-refractivity contribution in [2.45, 2.75) is 38.1 Å². The molecule has 0 spiro atoms. The Balaban J connectivity index is 2.86. The van der Waals surface area contributed by atoms with Gasteiger partial charge in [-0.05, 0) is 38.0 Å². The average molecular weight is 223 g/mol. The summed E-state index contributed by atoms with van der Waals surface area (Å²) >= 11 is 4.23. The summed E-state index contributed by atoms with van der Waals surface area (Å²) in [5.41, 5.74) is 1.69. The van der Waals surface area contributed by atoms with Crippen molar-refractivity contribution >= 4 is 18.5 Å². The summed E-state index contributed by atoms with van der Waals surface area (Å²) in [6.07, 6.45) is 0.936. The third kappa shape index (κ3) is 3.27. The Morgan fingerprint density at radius 2 is 2.20 bits per heavy atom. The molecular weight excluding hydrogens is 206 g/mol. The molecule has 0 aliphatic heterocycles. The van der Waals surface area contributed by atoms with Crippen LogP contribution >= 0.6 is 12.6 Å². The van der Waals surface area contributed by atoms with E-state index in [2.05, 4.69) is 17.9 Å². The number of aryl methyl sites for hydroxylation is 1. The molecule has 0 heterocycles. The third-order valence-corrected chi connectivity index (χ3v) is 2.73. The van der Waals surface area contributed by atoms with Gasteiger partial charge in [0.05, 0.1) is 0 Å². The maximum Gasteiger partial charge on any atom is 0.251 e. The van der Waals surface area contributed by atoms with Gasteiger partial charge in [-0.25, -0.2) is 0 Å². The summed E-state index contributed by atoms with van der Waals surface area (Å²) in [5, 5.41) is 2.94. The van der Waals surface area contributed by atoms with Crippen LogP contribution < -0.4 is 5.32 Å². The zero-order chi connectivity index (χ0) is 11.4. The first-order valence-corrected chi connectivity index (χ1v) is 5.59. The second-order valence-corrected chi connectivity index (χ2v) is 4.30. The van der Waals surface area contributed by atoms with Gasteiger partial charge in [0.1, 0.15) is 0 Å². The molecule has 0 radical (unpaired) electrons. The van der Waals surface area contributed by atoms with Gasteiger partial charge in [-0.2, -0.15) is 0 Å². The molecule has 0 aliphatic carbocycles. The molecule has 1 atom stereocenters. The zero-order valence-electron chi connectivity index (χ0n) is 9.37. The first kappa shape index (κ1) is 12.1. The quantitative estimate of drug-likeness (QED) is 0.758. The predicted molar refractivity (Wildman–Crippen MR) is 65.7 cm³/mol. The van der Waals surface area contributed by atoms with E-state index >= 15 is 0 Å². The molecule has 0 aromatic heterocycles. The molecular formula is C12H17NOS. The van der Waals surface area contributed by atoms with Crippen molar-refractivity contribution in [1.29, 1.82) is 0 Å². The van der Waals surface area contributed by atoms with Crippen LogP contribution in [0.5, 0.6) is 0 Å². The minimum Gasteiger partial charge on any atom is -0.350 e.